The highest BCUT2D eigenvalue weighted by Gasteiger charge is 2.18. The van der Waals surface area contributed by atoms with Crippen molar-refractivity contribution in [2.75, 3.05) is 26.2 Å². The average molecular weight is 499 g/mol. The van der Waals surface area contributed by atoms with Crippen LogP contribution in [0.5, 0.6) is 0 Å². The first-order valence-corrected chi connectivity index (χ1v) is 9.04. The number of guanidine groups is 1. The summed E-state index contributed by atoms with van der Waals surface area (Å²) in [5.74, 6) is 0.672. The highest BCUT2D eigenvalue weighted by atomic mass is 127. The Bertz CT molecular complexity index is 606. The summed E-state index contributed by atoms with van der Waals surface area (Å²) in [7, 11) is 0. The van der Waals surface area contributed by atoms with E-state index >= 15 is 0 Å². The van der Waals surface area contributed by atoms with E-state index < -0.39 is 0 Å². The van der Waals surface area contributed by atoms with Gasteiger partial charge in [0.05, 0.1) is 6.04 Å². The summed E-state index contributed by atoms with van der Waals surface area (Å²) in [6, 6.07) is 5.36. The number of nitrogens with zero attached hydrogens (tertiary/aromatic N) is 2. The fourth-order valence-corrected chi connectivity index (χ4v) is 3.24. The van der Waals surface area contributed by atoms with E-state index in [9.17, 15) is 4.79 Å². The van der Waals surface area contributed by atoms with Crippen molar-refractivity contribution in [2.45, 2.75) is 32.7 Å². The van der Waals surface area contributed by atoms with Crippen molar-refractivity contribution in [2.24, 2.45) is 4.99 Å². The van der Waals surface area contributed by atoms with Crippen LogP contribution in [0, 0.1) is 0 Å². The van der Waals surface area contributed by atoms with Crippen LogP contribution in [0.4, 0.5) is 0 Å². The summed E-state index contributed by atoms with van der Waals surface area (Å²) in [6.07, 6.45) is 2.17. The molecule has 0 aromatic heterocycles. The average Bonchev–Trinajstić information content (AvgIpc) is 3.06. The third kappa shape index (κ3) is 6.83. The van der Waals surface area contributed by atoms with Gasteiger partial charge < -0.3 is 15.5 Å². The summed E-state index contributed by atoms with van der Waals surface area (Å²) in [5, 5.41) is 7.65. The van der Waals surface area contributed by atoms with Crippen LogP contribution in [-0.2, 0) is 4.79 Å². The summed E-state index contributed by atoms with van der Waals surface area (Å²) in [4.78, 5) is 18.4. The van der Waals surface area contributed by atoms with Gasteiger partial charge in [-0.1, -0.05) is 29.3 Å². The van der Waals surface area contributed by atoms with Gasteiger partial charge in [-0.05, 0) is 44.4 Å². The van der Waals surface area contributed by atoms with Gasteiger partial charge in [-0.2, -0.15) is 0 Å². The lowest BCUT2D eigenvalue weighted by Gasteiger charge is -2.20. The molecule has 0 aliphatic carbocycles. The molecule has 1 aliphatic heterocycles. The number of benzene rings is 1. The summed E-state index contributed by atoms with van der Waals surface area (Å²) in [6.45, 7) is 6.52. The SMILES string of the molecule is CCNC(=NCC(=O)N1CCCC1)NC(C)c1ccc(Cl)cc1Cl.I. The fourth-order valence-electron chi connectivity index (χ4n) is 2.67. The van der Waals surface area contributed by atoms with E-state index in [1.165, 1.54) is 0 Å². The molecule has 0 saturated carbocycles. The molecule has 1 aromatic carbocycles. The molecule has 5 nitrogen and oxygen atoms in total. The maximum absolute atomic E-state index is 12.1. The topological polar surface area (TPSA) is 56.7 Å². The predicted octanol–water partition coefficient (Wildman–Crippen LogP) is 3.85. The van der Waals surface area contributed by atoms with Gasteiger partial charge in [0.15, 0.2) is 5.96 Å². The number of rotatable bonds is 5. The summed E-state index contributed by atoms with van der Waals surface area (Å²) >= 11 is 12.2. The first-order valence-electron chi connectivity index (χ1n) is 8.28. The molecule has 1 saturated heterocycles. The normalized spacial score (nSPS) is 15.5. The van der Waals surface area contributed by atoms with E-state index in [1.54, 1.807) is 6.07 Å². The van der Waals surface area contributed by atoms with Gasteiger partial charge in [-0.15, -0.1) is 24.0 Å². The largest absolute Gasteiger partial charge is 0.357 e. The van der Waals surface area contributed by atoms with E-state index in [-0.39, 0.29) is 42.5 Å². The molecule has 2 rings (SSSR count). The second-order valence-corrected chi connectivity index (χ2v) is 6.66. The molecular weight excluding hydrogens is 474 g/mol. The number of amides is 1. The smallest absolute Gasteiger partial charge is 0.244 e. The van der Waals surface area contributed by atoms with Crippen molar-refractivity contribution in [3.8, 4) is 0 Å². The van der Waals surface area contributed by atoms with Crippen LogP contribution in [0.25, 0.3) is 0 Å². The molecular formula is C17H25Cl2IN4O. The Morgan fingerprint density at radius 1 is 1.32 bits per heavy atom. The standard InChI is InChI=1S/C17H24Cl2N4O.HI/c1-3-20-17(21-11-16(24)23-8-4-5-9-23)22-12(2)14-7-6-13(18)10-15(14)19;/h6-7,10,12H,3-5,8-9,11H2,1-2H3,(H2,20,21,22);1H. The molecule has 1 unspecified atom stereocenters. The number of hydrogen-bond donors (Lipinski definition) is 2. The molecule has 1 aromatic rings. The molecule has 1 atom stereocenters. The molecule has 1 amide bonds. The van der Waals surface area contributed by atoms with Crippen LogP contribution >= 0.6 is 47.2 Å². The lowest BCUT2D eigenvalue weighted by Crippen LogP contribution is -2.40. The minimum absolute atomic E-state index is 0. The van der Waals surface area contributed by atoms with Crippen molar-refractivity contribution < 1.29 is 4.79 Å². The van der Waals surface area contributed by atoms with Crippen molar-refractivity contribution >= 4 is 59.0 Å². The first-order chi connectivity index (χ1) is 11.5. The number of carbonyl (C=O) groups excluding carboxylic acids is 1. The Labute approximate surface area is 176 Å². The van der Waals surface area contributed by atoms with Crippen molar-refractivity contribution in [1.82, 2.24) is 15.5 Å². The van der Waals surface area contributed by atoms with E-state index in [0.717, 1.165) is 31.5 Å². The molecule has 25 heavy (non-hydrogen) atoms. The lowest BCUT2D eigenvalue weighted by molar-refractivity contribution is -0.128. The van der Waals surface area contributed by atoms with Crippen LogP contribution in [0.15, 0.2) is 23.2 Å². The van der Waals surface area contributed by atoms with Gasteiger partial charge in [0.1, 0.15) is 6.54 Å². The maximum Gasteiger partial charge on any atom is 0.244 e. The molecule has 0 bridgehead atoms. The molecule has 2 N–H and O–H groups in total. The molecule has 8 heteroatoms. The van der Waals surface area contributed by atoms with E-state index in [0.29, 0.717) is 22.5 Å². The molecule has 0 radical (unpaired) electrons. The van der Waals surface area contributed by atoms with Crippen molar-refractivity contribution in [3.05, 3.63) is 33.8 Å². The molecule has 140 valence electrons. The van der Waals surface area contributed by atoms with E-state index in [4.69, 9.17) is 23.2 Å². The number of nitrogens with one attached hydrogen (secondary N) is 2. The Hall–Kier alpha value is -0.730. The lowest BCUT2D eigenvalue weighted by atomic mass is 10.1. The van der Waals surface area contributed by atoms with Crippen molar-refractivity contribution in [1.29, 1.82) is 0 Å². The Balaban J connectivity index is 0.00000312. The van der Waals surface area contributed by atoms with Crippen molar-refractivity contribution in [3.63, 3.8) is 0 Å². The Kier molecular flexibility index (Phi) is 9.89. The quantitative estimate of drug-likeness (QED) is 0.368. The number of aliphatic imine (C=N–C) groups is 1. The van der Waals surface area contributed by atoms with Crippen LogP contribution < -0.4 is 10.6 Å². The number of halogens is 3. The van der Waals surface area contributed by atoms with E-state index in [2.05, 4.69) is 15.6 Å². The highest BCUT2D eigenvalue weighted by Crippen LogP contribution is 2.25. The number of carbonyl (C=O) groups is 1. The zero-order valence-corrected chi connectivity index (χ0v) is 18.4. The van der Waals surface area contributed by atoms with E-state index in [1.807, 2.05) is 30.9 Å². The van der Waals surface area contributed by atoms with Gasteiger partial charge in [0.2, 0.25) is 5.91 Å². The minimum Gasteiger partial charge on any atom is -0.357 e. The Morgan fingerprint density at radius 3 is 2.60 bits per heavy atom. The van der Waals surface area contributed by atoms with Crippen LogP contribution in [0.1, 0.15) is 38.3 Å². The summed E-state index contributed by atoms with van der Waals surface area (Å²) < 4.78 is 0. The predicted molar refractivity (Wildman–Crippen MR) is 115 cm³/mol. The summed E-state index contributed by atoms with van der Waals surface area (Å²) in [5.41, 5.74) is 0.928. The fraction of sp³-hybridized carbons (Fsp3) is 0.529. The van der Waals surface area contributed by atoms with Crippen LogP contribution in [0.3, 0.4) is 0 Å². The molecule has 0 spiro atoms. The van der Waals surface area contributed by atoms with Gasteiger partial charge in [0, 0.05) is 29.7 Å². The van der Waals surface area contributed by atoms with Gasteiger partial charge in [-0.25, -0.2) is 4.99 Å². The molecule has 1 fully saturated rings. The number of hydrogen-bond acceptors (Lipinski definition) is 2. The Morgan fingerprint density at radius 2 is 2.00 bits per heavy atom. The third-order valence-corrected chi connectivity index (χ3v) is 4.52. The maximum atomic E-state index is 12.1. The van der Waals surface area contributed by atoms with Crippen LogP contribution in [0.2, 0.25) is 10.0 Å². The monoisotopic (exact) mass is 498 g/mol. The third-order valence-electron chi connectivity index (χ3n) is 3.96. The van der Waals surface area contributed by atoms with Crippen LogP contribution in [-0.4, -0.2) is 42.9 Å². The highest BCUT2D eigenvalue weighted by molar-refractivity contribution is 14.0. The molecule has 1 aliphatic rings. The van der Waals surface area contributed by atoms with Gasteiger partial charge in [0.25, 0.3) is 0 Å². The number of likely N-dealkylation sites (tertiary alicyclic amines) is 1. The second-order valence-electron chi connectivity index (χ2n) is 5.81. The molecule has 1 heterocycles. The zero-order valence-electron chi connectivity index (χ0n) is 14.5. The first kappa shape index (κ1) is 22.3. The van der Waals surface area contributed by atoms with Gasteiger partial charge in [-0.3, -0.25) is 4.79 Å². The zero-order chi connectivity index (χ0) is 17.5. The van der Waals surface area contributed by atoms with Gasteiger partial charge >= 0.3 is 0 Å². The second kappa shape index (κ2) is 11.1. The minimum atomic E-state index is -0.0607.